The first-order valence-electron chi connectivity index (χ1n) is 8.13. The topological polar surface area (TPSA) is 79.8 Å². The Kier molecular flexibility index (Phi) is 7.17. The average Bonchev–Trinajstić information content (AvgIpc) is 2.63. The number of aryl methyl sites for hydroxylation is 1. The lowest BCUT2D eigenvalue weighted by Crippen LogP contribution is -2.32. The number of ether oxygens (including phenoxy) is 1. The van der Waals surface area contributed by atoms with E-state index in [9.17, 15) is 9.59 Å². The number of anilines is 1. The molecular formula is C19H20ClN3O3. The molecule has 0 aliphatic heterocycles. The molecule has 136 valence electrons. The molecule has 0 aliphatic carbocycles. The summed E-state index contributed by atoms with van der Waals surface area (Å²) in [6.45, 7) is 4.49. The van der Waals surface area contributed by atoms with Crippen molar-refractivity contribution in [2.75, 3.05) is 11.9 Å². The van der Waals surface area contributed by atoms with Crippen molar-refractivity contribution in [2.24, 2.45) is 5.10 Å². The second-order valence-electron chi connectivity index (χ2n) is 5.54. The van der Waals surface area contributed by atoms with Gasteiger partial charge in [-0.05, 0) is 48.7 Å². The average molecular weight is 374 g/mol. The monoisotopic (exact) mass is 373 g/mol. The van der Waals surface area contributed by atoms with Gasteiger partial charge in [-0.1, -0.05) is 36.7 Å². The summed E-state index contributed by atoms with van der Waals surface area (Å²) in [5, 5.41) is 6.76. The van der Waals surface area contributed by atoms with Crippen LogP contribution in [0.15, 0.2) is 47.6 Å². The van der Waals surface area contributed by atoms with Gasteiger partial charge in [-0.25, -0.2) is 5.43 Å². The van der Waals surface area contributed by atoms with Gasteiger partial charge >= 0.3 is 11.8 Å². The first-order valence-corrected chi connectivity index (χ1v) is 8.50. The fourth-order valence-corrected chi connectivity index (χ4v) is 2.16. The first kappa shape index (κ1) is 19.5. The third kappa shape index (κ3) is 5.89. The molecular weight excluding hydrogens is 354 g/mol. The van der Waals surface area contributed by atoms with E-state index < -0.39 is 11.8 Å². The number of hydrazone groups is 1. The number of carbonyl (C=O) groups excluding carboxylic acids is 2. The van der Waals surface area contributed by atoms with E-state index in [4.69, 9.17) is 16.3 Å². The highest BCUT2D eigenvalue weighted by Crippen LogP contribution is 2.19. The number of rotatable bonds is 6. The Morgan fingerprint density at radius 3 is 2.73 bits per heavy atom. The van der Waals surface area contributed by atoms with E-state index >= 15 is 0 Å². The van der Waals surface area contributed by atoms with Crippen LogP contribution in [0.25, 0.3) is 0 Å². The Morgan fingerprint density at radius 2 is 2.00 bits per heavy atom. The minimum Gasteiger partial charge on any atom is -0.494 e. The van der Waals surface area contributed by atoms with Gasteiger partial charge in [-0.2, -0.15) is 5.10 Å². The second kappa shape index (κ2) is 9.58. The summed E-state index contributed by atoms with van der Waals surface area (Å²) >= 11 is 5.99. The summed E-state index contributed by atoms with van der Waals surface area (Å²) in [7, 11) is 0. The SMILES string of the molecule is CCCOc1cccc(/C=N\NC(=O)C(=O)Nc2ccc(C)c(Cl)c2)c1. The summed E-state index contributed by atoms with van der Waals surface area (Å²) < 4.78 is 5.52. The Morgan fingerprint density at radius 1 is 1.19 bits per heavy atom. The minimum atomic E-state index is -0.878. The zero-order chi connectivity index (χ0) is 18.9. The Hall–Kier alpha value is -2.86. The van der Waals surface area contributed by atoms with Gasteiger partial charge in [-0.3, -0.25) is 9.59 Å². The molecule has 2 aromatic rings. The summed E-state index contributed by atoms with van der Waals surface area (Å²) in [6.07, 6.45) is 2.35. The van der Waals surface area contributed by atoms with Crippen molar-refractivity contribution in [3.8, 4) is 5.75 Å². The van der Waals surface area contributed by atoms with E-state index in [2.05, 4.69) is 15.8 Å². The molecule has 0 heterocycles. The molecule has 0 saturated heterocycles. The Labute approximate surface area is 157 Å². The van der Waals surface area contributed by atoms with Crippen molar-refractivity contribution >= 4 is 35.3 Å². The Bertz CT molecular complexity index is 821. The molecule has 0 spiro atoms. The number of halogens is 1. The molecule has 26 heavy (non-hydrogen) atoms. The van der Waals surface area contributed by atoms with Crippen molar-refractivity contribution < 1.29 is 14.3 Å². The van der Waals surface area contributed by atoms with Crippen LogP contribution in [-0.4, -0.2) is 24.6 Å². The van der Waals surface area contributed by atoms with Crippen LogP contribution in [0.3, 0.4) is 0 Å². The molecule has 2 rings (SSSR count). The van der Waals surface area contributed by atoms with Crippen LogP contribution in [0.1, 0.15) is 24.5 Å². The maximum atomic E-state index is 11.9. The predicted octanol–water partition coefficient (Wildman–Crippen LogP) is 3.53. The molecule has 2 N–H and O–H groups in total. The summed E-state index contributed by atoms with van der Waals surface area (Å²) in [4.78, 5) is 23.7. The lowest BCUT2D eigenvalue weighted by Gasteiger charge is -2.06. The number of amides is 2. The molecule has 2 aromatic carbocycles. The van der Waals surface area contributed by atoms with E-state index in [-0.39, 0.29) is 0 Å². The summed E-state index contributed by atoms with van der Waals surface area (Å²) in [5.74, 6) is -0.991. The normalized spacial score (nSPS) is 10.6. The van der Waals surface area contributed by atoms with Crippen molar-refractivity contribution in [3.05, 3.63) is 58.6 Å². The van der Waals surface area contributed by atoms with Gasteiger partial charge in [0.2, 0.25) is 0 Å². The lowest BCUT2D eigenvalue weighted by molar-refractivity contribution is -0.136. The molecule has 2 amide bonds. The zero-order valence-electron chi connectivity index (χ0n) is 14.6. The highest BCUT2D eigenvalue weighted by Gasteiger charge is 2.13. The zero-order valence-corrected chi connectivity index (χ0v) is 15.3. The minimum absolute atomic E-state index is 0.436. The van der Waals surface area contributed by atoms with Gasteiger partial charge in [0, 0.05) is 10.7 Å². The Balaban J connectivity index is 1.89. The molecule has 0 atom stereocenters. The number of carbonyl (C=O) groups is 2. The van der Waals surface area contributed by atoms with E-state index in [0.717, 1.165) is 23.3 Å². The molecule has 0 aliphatic rings. The van der Waals surface area contributed by atoms with Crippen LogP contribution in [0.2, 0.25) is 5.02 Å². The van der Waals surface area contributed by atoms with Gasteiger partial charge in [-0.15, -0.1) is 0 Å². The van der Waals surface area contributed by atoms with Crippen molar-refractivity contribution in [1.29, 1.82) is 0 Å². The maximum Gasteiger partial charge on any atom is 0.329 e. The molecule has 0 fully saturated rings. The predicted molar refractivity (Wildman–Crippen MR) is 103 cm³/mol. The number of benzene rings is 2. The standard InChI is InChI=1S/C19H20ClN3O3/c1-3-9-26-16-6-4-5-14(10-16)12-21-23-19(25)18(24)22-15-8-7-13(2)17(20)11-15/h4-8,10-12H,3,9H2,1-2H3,(H,22,24)(H,23,25)/b21-12-. The van der Waals surface area contributed by atoms with Gasteiger partial charge < -0.3 is 10.1 Å². The highest BCUT2D eigenvalue weighted by atomic mass is 35.5. The lowest BCUT2D eigenvalue weighted by atomic mass is 10.2. The van der Waals surface area contributed by atoms with Gasteiger partial charge in [0.05, 0.1) is 12.8 Å². The van der Waals surface area contributed by atoms with Crippen molar-refractivity contribution in [3.63, 3.8) is 0 Å². The number of nitrogens with zero attached hydrogens (tertiary/aromatic N) is 1. The van der Waals surface area contributed by atoms with Crippen molar-refractivity contribution in [1.82, 2.24) is 5.43 Å². The molecule has 7 heteroatoms. The number of hydrogen-bond acceptors (Lipinski definition) is 4. The molecule has 0 aromatic heterocycles. The summed E-state index contributed by atoms with van der Waals surface area (Å²) in [6, 6.07) is 12.3. The van der Waals surface area contributed by atoms with Gasteiger partial charge in [0.25, 0.3) is 0 Å². The van der Waals surface area contributed by atoms with E-state index in [1.807, 2.05) is 32.0 Å². The summed E-state index contributed by atoms with van der Waals surface area (Å²) in [5.41, 5.74) is 4.24. The first-order chi connectivity index (χ1) is 12.5. The smallest absolute Gasteiger partial charge is 0.329 e. The molecule has 6 nitrogen and oxygen atoms in total. The van der Waals surface area contributed by atoms with Gasteiger partial charge in [0.15, 0.2) is 0 Å². The van der Waals surface area contributed by atoms with E-state index in [1.54, 1.807) is 24.3 Å². The van der Waals surface area contributed by atoms with Crippen LogP contribution in [0, 0.1) is 6.92 Å². The fourth-order valence-electron chi connectivity index (χ4n) is 1.98. The number of hydrogen-bond donors (Lipinski definition) is 2. The third-order valence-corrected chi connectivity index (χ3v) is 3.75. The molecule has 0 bridgehead atoms. The second-order valence-corrected chi connectivity index (χ2v) is 5.95. The van der Waals surface area contributed by atoms with Crippen LogP contribution < -0.4 is 15.5 Å². The van der Waals surface area contributed by atoms with Crippen LogP contribution >= 0.6 is 11.6 Å². The van der Waals surface area contributed by atoms with Crippen LogP contribution in [0.5, 0.6) is 5.75 Å². The van der Waals surface area contributed by atoms with E-state index in [0.29, 0.717) is 17.3 Å². The molecule has 0 saturated carbocycles. The van der Waals surface area contributed by atoms with E-state index in [1.165, 1.54) is 6.21 Å². The van der Waals surface area contributed by atoms with Crippen LogP contribution in [0.4, 0.5) is 5.69 Å². The fraction of sp³-hybridized carbons (Fsp3) is 0.211. The highest BCUT2D eigenvalue weighted by molar-refractivity contribution is 6.39. The molecule has 0 unspecified atom stereocenters. The quantitative estimate of drug-likeness (QED) is 0.462. The largest absolute Gasteiger partial charge is 0.494 e. The maximum absolute atomic E-state index is 11.9. The molecule has 0 radical (unpaired) electrons. The van der Waals surface area contributed by atoms with Gasteiger partial charge in [0.1, 0.15) is 5.75 Å². The number of nitrogens with one attached hydrogen (secondary N) is 2. The van der Waals surface area contributed by atoms with Crippen molar-refractivity contribution in [2.45, 2.75) is 20.3 Å². The van der Waals surface area contributed by atoms with Crippen LogP contribution in [-0.2, 0) is 9.59 Å². The third-order valence-electron chi connectivity index (χ3n) is 3.35.